The van der Waals surface area contributed by atoms with Crippen LogP contribution in [0.3, 0.4) is 0 Å². The summed E-state index contributed by atoms with van der Waals surface area (Å²) in [6.07, 6.45) is -2.46. The first kappa shape index (κ1) is 15.2. The minimum absolute atomic E-state index is 0.292. The lowest BCUT2D eigenvalue weighted by atomic mass is 10.3. The van der Waals surface area contributed by atoms with Crippen molar-refractivity contribution in [2.75, 3.05) is 11.4 Å². The van der Waals surface area contributed by atoms with E-state index in [0.29, 0.717) is 16.8 Å². The molecule has 0 amide bonds. The molecule has 0 aliphatic carbocycles. The van der Waals surface area contributed by atoms with Crippen LogP contribution in [-0.2, 0) is 5.33 Å². The number of halogens is 4. The summed E-state index contributed by atoms with van der Waals surface area (Å²) in [6, 6.07) is 5.13. The smallest absolute Gasteiger partial charge is 0.344 e. The number of pyridine rings is 1. The Balaban J connectivity index is 2.53. The first-order valence-electron chi connectivity index (χ1n) is 6.19. The van der Waals surface area contributed by atoms with Crippen LogP contribution in [0.5, 0.6) is 0 Å². The second kappa shape index (κ2) is 5.63. The largest absolute Gasteiger partial charge is 0.405 e. The van der Waals surface area contributed by atoms with Crippen LogP contribution in [0.4, 0.5) is 19.0 Å². The molecule has 2 heterocycles. The summed E-state index contributed by atoms with van der Waals surface area (Å²) in [7, 11) is 0. The van der Waals surface area contributed by atoms with E-state index in [0.717, 1.165) is 5.69 Å². The average Bonchev–Trinajstić information content (AvgIpc) is 2.72. The van der Waals surface area contributed by atoms with E-state index in [-0.39, 0.29) is 6.04 Å². The van der Waals surface area contributed by atoms with Crippen molar-refractivity contribution >= 4 is 27.4 Å². The lowest BCUT2D eigenvalue weighted by molar-refractivity contribution is -0.120. The van der Waals surface area contributed by atoms with Gasteiger partial charge in [0.25, 0.3) is 0 Å². The van der Waals surface area contributed by atoms with E-state index in [2.05, 4.69) is 20.9 Å². The molecule has 2 aromatic heterocycles. The summed E-state index contributed by atoms with van der Waals surface area (Å²) in [5.41, 5.74) is 1.36. The van der Waals surface area contributed by atoms with Gasteiger partial charge in [-0.05, 0) is 26.0 Å². The zero-order valence-electron chi connectivity index (χ0n) is 11.2. The topological polar surface area (TPSA) is 20.5 Å². The predicted octanol–water partition coefficient (Wildman–Crippen LogP) is 4.01. The maximum absolute atomic E-state index is 12.8. The second-order valence-corrected chi connectivity index (χ2v) is 5.34. The fraction of sp³-hybridized carbons (Fsp3) is 0.462. The number of hydrogen-bond acceptors (Lipinski definition) is 2. The standard InChI is InChI=1S/C13H15BrF3N3/c1-9(2)20(8-13(15,16)17)12-10(7-14)19-6-4-3-5-11(19)18-12/h3-6,9H,7-8H2,1-2H3. The molecule has 0 aliphatic rings. The first-order chi connectivity index (χ1) is 9.33. The molecule has 0 saturated heterocycles. The molecule has 110 valence electrons. The molecule has 0 bridgehead atoms. The molecule has 0 fully saturated rings. The van der Waals surface area contributed by atoms with Crippen molar-refractivity contribution in [3.05, 3.63) is 30.1 Å². The van der Waals surface area contributed by atoms with E-state index in [4.69, 9.17) is 0 Å². The van der Waals surface area contributed by atoms with E-state index >= 15 is 0 Å². The maximum Gasteiger partial charge on any atom is 0.405 e. The zero-order chi connectivity index (χ0) is 14.9. The Morgan fingerprint density at radius 2 is 2.05 bits per heavy atom. The number of alkyl halides is 4. The molecule has 0 spiro atoms. The normalized spacial score (nSPS) is 12.3. The number of hydrogen-bond donors (Lipinski definition) is 0. The Hall–Kier alpha value is -1.24. The molecule has 0 radical (unpaired) electrons. The van der Waals surface area contributed by atoms with E-state index in [9.17, 15) is 13.2 Å². The lowest BCUT2D eigenvalue weighted by Crippen LogP contribution is -2.39. The first-order valence-corrected chi connectivity index (χ1v) is 7.31. The number of imidazole rings is 1. The van der Waals surface area contributed by atoms with Gasteiger partial charge in [0.15, 0.2) is 5.82 Å². The third kappa shape index (κ3) is 3.08. The molecular weight excluding hydrogens is 335 g/mol. The van der Waals surface area contributed by atoms with Crippen molar-refractivity contribution in [3.63, 3.8) is 0 Å². The van der Waals surface area contributed by atoms with Crippen molar-refractivity contribution in [1.29, 1.82) is 0 Å². The van der Waals surface area contributed by atoms with Gasteiger partial charge in [-0.2, -0.15) is 13.2 Å². The van der Waals surface area contributed by atoms with Gasteiger partial charge in [-0.3, -0.25) is 0 Å². The summed E-state index contributed by atoms with van der Waals surface area (Å²) in [4.78, 5) is 5.63. The van der Waals surface area contributed by atoms with Gasteiger partial charge in [0.05, 0.1) is 5.69 Å². The molecule has 2 rings (SSSR count). The highest BCUT2D eigenvalue weighted by molar-refractivity contribution is 9.08. The molecule has 0 N–H and O–H groups in total. The third-order valence-electron chi connectivity index (χ3n) is 2.98. The van der Waals surface area contributed by atoms with Gasteiger partial charge in [-0.25, -0.2) is 4.98 Å². The minimum Gasteiger partial charge on any atom is -0.344 e. The molecule has 0 aromatic carbocycles. The van der Waals surface area contributed by atoms with Crippen LogP contribution < -0.4 is 4.90 Å². The highest BCUT2D eigenvalue weighted by Crippen LogP contribution is 2.28. The van der Waals surface area contributed by atoms with Crippen LogP contribution in [0.1, 0.15) is 19.5 Å². The Morgan fingerprint density at radius 3 is 2.60 bits per heavy atom. The third-order valence-corrected chi connectivity index (χ3v) is 3.51. The van der Waals surface area contributed by atoms with Crippen LogP contribution in [0.2, 0.25) is 0 Å². The number of anilines is 1. The summed E-state index contributed by atoms with van der Waals surface area (Å²) >= 11 is 3.34. The van der Waals surface area contributed by atoms with Gasteiger partial charge in [0, 0.05) is 17.6 Å². The highest BCUT2D eigenvalue weighted by Gasteiger charge is 2.34. The molecule has 7 heteroatoms. The van der Waals surface area contributed by atoms with Gasteiger partial charge in [0.2, 0.25) is 0 Å². The zero-order valence-corrected chi connectivity index (χ0v) is 12.7. The van der Waals surface area contributed by atoms with Crippen molar-refractivity contribution in [1.82, 2.24) is 9.38 Å². The fourth-order valence-electron chi connectivity index (χ4n) is 2.08. The Labute approximate surface area is 123 Å². The predicted molar refractivity (Wildman–Crippen MR) is 76.4 cm³/mol. The molecule has 3 nitrogen and oxygen atoms in total. The fourth-order valence-corrected chi connectivity index (χ4v) is 2.60. The summed E-state index contributed by atoms with van der Waals surface area (Å²) in [6.45, 7) is 2.45. The van der Waals surface area contributed by atoms with E-state index in [1.807, 2.05) is 12.1 Å². The number of aromatic nitrogens is 2. The highest BCUT2D eigenvalue weighted by atomic mass is 79.9. The monoisotopic (exact) mass is 349 g/mol. The van der Waals surface area contributed by atoms with Crippen molar-refractivity contribution in [3.8, 4) is 0 Å². The molecule has 2 aromatic rings. The Kier molecular flexibility index (Phi) is 4.27. The van der Waals surface area contributed by atoms with Crippen LogP contribution in [0.15, 0.2) is 24.4 Å². The molecular formula is C13H15BrF3N3. The van der Waals surface area contributed by atoms with Crippen LogP contribution in [0, 0.1) is 0 Å². The van der Waals surface area contributed by atoms with E-state index in [1.165, 1.54) is 4.90 Å². The van der Waals surface area contributed by atoms with Crippen molar-refractivity contribution in [2.24, 2.45) is 0 Å². The van der Waals surface area contributed by atoms with E-state index < -0.39 is 12.7 Å². The summed E-state index contributed by atoms with van der Waals surface area (Å²) < 4.78 is 40.1. The van der Waals surface area contributed by atoms with Crippen LogP contribution in [-0.4, -0.2) is 28.1 Å². The van der Waals surface area contributed by atoms with Crippen molar-refractivity contribution in [2.45, 2.75) is 31.4 Å². The number of fused-ring (bicyclic) bond motifs is 1. The maximum atomic E-state index is 12.8. The van der Waals surface area contributed by atoms with Gasteiger partial charge < -0.3 is 9.30 Å². The molecule has 0 unspecified atom stereocenters. The SMILES string of the molecule is CC(C)N(CC(F)(F)F)c1nc2ccccn2c1CBr. The molecule has 0 saturated carbocycles. The summed E-state index contributed by atoms with van der Waals surface area (Å²) in [5, 5.41) is 0.439. The van der Waals surface area contributed by atoms with Crippen LogP contribution in [0.25, 0.3) is 5.65 Å². The summed E-state index contributed by atoms with van der Waals surface area (Å²) in [5.74, 6) is 0.375. The minimum atomic E-state index is -4.26. The second-order valence-electron chi connectivity index (χ2n) is 4.78. The Bertz CT molecular complexity index is 592. The number of nitrogens with zero attached hydrogens (tertiary/aromatic N) is 3. The quantitative estimate of drug-likeness (QED) is 0.777. The number of rotatable bonds is 4. The molecule has 0 atom stereocenters. The van der Waals surface area contributed by atoms with Crippen molar-refractivity contribution < 1.29 is 13.2 Å². The van der Waals surface area contributed by atoms with Gasteiger partial charge >= 0.3 is 6.18 Å². The average molecular weight is 350 g/mol. The lowest BCUT2D eigenvalue weighted by Gasteiger charge is -2.28. The van der Waals surface area contributed by atoms with Gasteiger partial charge in [0.1, 0.15) is 12.2 Å². The molecule has 20 heavy (non-hydrogen) atoms. The Morgan fingerprint density at radius 1 is 1.35 bits per heavy atom. The van der Waals surface area contributed by atoms with Gasteiger partial charge in [-0.15, -0.1) is 0 Å². The van der Waals surface area contributed by atoms with E-state index in [1.54, 1.807) is 30.5 Å². The molecule has 0 aliphatic heterocycles. The van der Waals surface area contributed by atoms with Crippen LogP contribution >= 0.6 is 15.9 Å². The van der Waals surface area contributed by atoms with Gasteiger partial charge in [-0.1, -0.05) is 22.0 Å².